The van der Waals surface area contributed by atoms with E-state index in [-0.39, 0.29) is 6.10 Å². The van der Waals surface area contributed by atoms with Gasteiger partial charge in [-0.2, -0.15) is 0 Å². The summed E-state index contributed by atoms with van der Waals surface area (Å²) in [5.74, 6) is 0. The molecule has 3 rings (SSSR count). The van der Waals surface area contributed by atoms with Gasteiger partial charge < -0.3 is 19.6 Å². The van der Waals surface area contributed by atoms with Gasteiger partial charge in [0, 0.05) is 26.2 Å². The summed E-state index contributed by atoms with van der Waals surface area (Å²) in [5, 5.41) is 9.00. The van der Waals surface area contributed by atoms with Crippen molar-refractivity contribution in [3.8, 4) is 0 Å². The summed E-state index contributed by atoms with van der Waals surface area (Å²) in [7, 11) is 4.29. The van der Waals surface area contributed by atoms with E-state index in [4.69, 9.17) is 9.84 Å². The molecule has 3 fully saturated rings. The molecule has 1 saturated carbocycles. The normalized spacial score (nSPS) is 25.4. The summed E-state index contributed by atoms with van der Waals surface area (Å²) in [6.07, 6.45) is 12.4. The number of hydrogen-bond donors (Lipinski definition) is 1. The van der Waals surface area contributed by atoms with Gasteiger partial charge >= 0.3 is 0 Å². The van der Waals surface area contributed by atoms with Crippen LogP contribution in [0, 0.1) is 0 Å². The second-order valence-corrected chi connectivity index (χ2v) is 7.43. The van der Waals surface area contributed by atoms with Gasteiger partial charge in [-0.15, -0.1) is 0 Å². The van der Waals surface area contributed by atoms with E-state index >= 15 is 0 Å². The molecule has 3 aliphatic rings. The minimum Gasteiger partial charge on any atom is -0.393 e. The maximum absolute atomic E-state index is 9.00. The molecule has 0 amide bonds. The quantitative estimate of drug-likeness (QED) is 0.833. The van der Waals surface area contributed by atoms with Crippen molar-refractivity contribution in [3.05, 3.63) is 0 Å². The predicted octanol–water partition coefficient (Wildman–Crippen LogP) is 3.53. The van der Waals surface area contributed by atoms with Crippen LogP contribution < -0.4 is 0 Å². The summed E-state index contributed by atoms with van der Waals surface area (Å²) < 4.78 is 6.15. The number of hydrogen-bond acceptors (Lipinski definition) is 4. The lowest BCUT2D eigenvalue weighted by molar-refractivity contribution is -0.0532. The van der Waals surface area contributed by atoms with E-state index < -0.39 is 0 Å². The highest BCUT2D eigenvalue weighted by Crippen LogP contribution is 2.24. The Morgan fingerprint density at radius 3 is 1.54 bits per heavy atom. The van der Waals surface area contributed by atoms with Crippen molar-refractivity contribution >= 4 is 0 Å². The summed E-state index contributed by atoms with van der Waals surface area (Å²) in [5.41, 5.74) is 0. The highest BCUT2D eigenvalue weighted by molar-refractivity contribution is 4.73. The first kappa shape index (κ1) is 21.9. The number of piperidine rings is 2. The minimum absolute atomic E-state index is 0.0220. The lowest BCUT2D eigenvalue weighted by Gasteiger charge is -2.33. The molecule has 1 aliphatic carbocycles. The van der Waals surface area contributed by atoms with Crippen LogP contribution in [0.2, 0.25) is 0 Å². The molecule has 0 aromatic heterocycles. The van der Waals surface area contributed by atoms with Crippen molar-refractivity contribution in [1.82, 2.24) is 9.80 Å². The topological polar surface area (TPSA) is 35.9 Å². The largest absolute Gasteiger partial charge is 0.393 e. The Balaban J connectivity index is 0.000000245. The van der Waals surface area contributed by atoms with E-state index in [0.29, 0.717) is 12.2 Å². The zero-order valence-corrected chi connectivity index (χ0v) is 16.7. The Labute approximate surface area is 150 Å². The van der Waals surface area contributed by atoms with Crippen molar-refractivity contribution in [2.75, 3.05) is 40.3 Å². The molecule has 0 aromatic carbocycles. The molecule has 0 bridgehead atoms. The monoisotopic (exact) mass is 342 g/mol. The van der Waals surface area contributed by atoms with E-state index in [1.54, 1.807) is 0 Å². The highest BCUT2D eigenvalue weighted by Gasteiger charge is 2.22. The van der Waals surface area contributed by atoms with E-state index in [2.05, 4.69) is 23.9 Å². The van der Waals surface area contributed by atoms with E-state index in [1.165, 1.54) is 58.0 Å². The molecule has 0 aromatic rings. The molecule has 4 nitrogen and oxygen atoms in total. The van der Waals surface area contributed by atoms with Crippen molar-refractivity contribution in [2.45, 2.75) is 89.9 Å². The van der Waals surface area contributed by atoms with E-state index in [9.17, 15) is 0 Å². The number of nitrogens with zero attached hydrogens (tertiary/aromatic N) is 2. The maximum Gasteiger partial charge on any atom is 0.0603 e. The van der Waals surface area contributed by atoms with Gasteiger partial charge in [0.25, 0.3) is 0 Å². The standard InChI is InChI=1S/C12H23NO.C6H13NO.C2H6/c1-13-9-7-12(8-10-13)14-11-5-3-2-4-6-11;1-7-4-2-6(8)3-5-7;1-2/h11-12H,2-10H2,1H3;6,8H,2-5H2,1H3;1-2H3. The Morgan fingerprint density at radius 1 is 0.667 bits per heavy atom. The third-order valence-electron chi connectivity index (χ3n) is 5.29. The fraction of sp³-hybridized carbons (Fsp3) is 1.00. The molecule has 2 saturated heterocycles. The van der Waals surface area contributed by atoms with Gasteiger partial charge in [0.05, 0.1) is 18.3 Å². The number of likely N-dealkylation sites (tertiary alicyclic amines) is 2. The smallest absolute Gasteiger partial charge is 0.0603 e. The molecule has 0 unspecified atom stereocenters. The van der Waals surface area contributed by atoms with Crippen LogP contribution in [0.3, 0.4) is 0 Å². The molecule has 1 N–H and O–H groups in total. The Bertz CT molecular complexity index is 269. The average molecular weight is 343 g/mol. The first-order valence-corrected chi connectivity index (χ1v) is 10.3. The van der Waals surface area contributed by atoms with Gasteiger partial charge in [0.15, 0.2) is 0 Å². The minimum atomic E-state index is -0.0220. The van der Waals surface area contributed by atoms with Gasteiger partial charge in [-0.05, 0) is 52.6 Å². The van der Waals surface area contributed by atoms with Gasteiger partial charge in [0.1, 0.15) is 0 Å². The van der Waals surface area contributed by atoms with Crippen LogP contribution in [0.5, 0.6) is 0 Å². The Hall–Kier alpha value is -0.160. The van der Waals surface area contributed by atoms with Gasteiger partial charge in [-0.3, -0.25) is 0 Å². The second kappa shape index (κ2) is 13.1. The van der Waals surface area contributed by atoms with E-state index in [0.717, 1.165) is 25.9 Å². The summed E-state index contributed by atoms with van der Waals surface area (Å²) in [4.78, 5) is 4.65. The predicted molar refractivity (Wildman–Crippen MR) is 103 cm³/mol. The van der Waals surface area contributed by atoms with Crippen molar-refractivity contribution in [1.29, 1.82) is 0 Å². The molecule has 0 radical (unpaired) electrons. The molecule has 2 heterocycles. The lowest BCUT2D eigenvalue weighted by Crippen LogP contribution is -2.36. The molecule has 24 heavy (non-hydrogen) atoms. The summed E-state index contributed by atoms with van der Waals surface area (Å²) >= 11 is 0. The van der Waals surface area contributed by atoms with Crippen LogP contribution >= 0.6 is 0 Å². The molecule has 4 heteroatoms. The first-order chi connectivity index (χ1) is 11.6. The van der Waals surface area contributed by atoms with Crippen LogP contribution in [0.1, 0.15) is 71.6 Å². The third-order valence-corrected chi connectivity index (χ3v) is 5.29. The van der Waals surface area contributed by atoms with E-state index in [1.807, 2.05) is 13.8 Å². The Morgan fingerprint density at radius 2 is 1.08 bits per heavy atom. The van der Waals surface area contributed by atoms with Crippen LogP contribution in [0.25, 0.3) is 0 Å². The van der Waals surface area contributed by atoms with Crippen LogP contribution in [0.15, 0.2) is 0 Å². The van der Waals surface area contributed by atoms with Gasteiger partial charge in [-0.1, -0.05) is 33.1 Å². The van der Waals surface area contributed by atoms with Crippen LogP contribution in [-0.2, 0) is 4.74 Å². The zero-order valence-electron chi connectivity index (χ0n) is 16.7. The fourth-order valence-electron chi connectivity index (χ4n) is 3.59. The maximum atomic E-state index is 9.00. The molecule has 2 aliphatic heterocycles. The summed E-state index contributed by atoms with van der Waals surface area (Å²) in [6, 6.07) is 0. The number of aliphatic hydroxyl groups excluding tert-OH is 1. The first-order valence-electron chi connectivity index (χ1n) is 10.3. The fourth-order valence-corrected chi connectivity index (χ4v) is 3.59. The lowest BCUT2D eigenvalue weighted by atomic mass is 9.97. The third kappa shape index (κ3) is 9.36. The molecular weight excluding hydrogens is 300 g/mol. The zero-order chi connectivity index (χ0) is 17.8. The van der Waals surface area contributed by atoms with Gasteiger partial charge in [0.2, 0.25) is 0 Å². The Kier molecular flexibility index (Phi) is 11.9. The van der Waals surface area contributed by atoms with Crippen molar-refractivity contribution < 1.29 is 9.84 Å². The van der Waals surface area contributed by atoms with Crippen LogP contribution in [0.4, 0.5) is 0 Å². The highest BCUT2D eigenvalue weighted by atomic mass is 16.5. The molecule has 144 valence electrons. The molecule has 0 spiro atoms. The second-order valence-electron chi connectivity index (χ2n) is 7.43. The average Bonchev–Trinajstić information content (AvgIpc) is 2.63. The van der Waals surface area contributed by atoms with Crippen LogP contribution in [-0.4, -0.2) is 73.5 Å². The van der Waals surface area contributed by atoms with Crippen molar-refractivity contribution in [3.63, 3.8) is 0 Å². The molecular formula is C20H42N2O2. The summed E-state index contributed by atoms with van der Waals surface area (Å²) in [6.45, 7) is 8.55. The number of aliphatic hydroxyl groups is 1. The number of ether oxygens (including phenoxy) is 1. The van der Waals surface area contributed by atoms with Crippen molar-refractivity contribution in [2.24, 2.45) is 0 Å². The number of rotatable bonds is 2. The molecule has 0 atom stereocenters. The SMILES string of the molecule is CC.CN1CCC(O)CC1.CN1CCC(OC2CCCCC2)CC1. The van der Waals surface area contributed by atoms with Gasteiger partial charge in [-0.25, -0.2) is 0 Å².